The monoisotopic (exact) mass is 286 g/mol. The average Bonchev–Trinajstić information content (AvgIpc) is 2.50. The molecule has 0 aromatic heterocycles. The van der Waals surface area contributed by atoms with Gasteiger partial charge >= 0.3 is 6.03 Å². The number of benzene rings is 1. The van der Waals surface area contributed by atoms with Crippen LogP contribution in [0.3, 0.4) is 0 Å². The maximum atomic E-state index is 13.7. The second-order valence-corrected chi connectivity index (χ2v) is 4.87. The third-order valence-electron chi connectivity index (χ3n) is 2.86. The number of urea groups is 1. The van der Waals surface area contributed by atoms with E-state index in [4.69, 9.17) is 0 Å². The second-order valence-electron chi connectivity index (χ2n) is 3.96. The lowest BCUT2D eigenvalue weighted by atomic mass is 10.1. The number of halogens is 2. The Bertz CT molecular complexity index is 438. The molecular formula is C11H12BrFN2O. The van der Waals surface area contributed by atoms with E-state index >= 15 is 0 Å². The smallest absolute Gasteiger partial charge is 0.320 e. The van der Waals surface area contributed by atoms with Gasteiger partial charge in [0.15, 0.2) is 0 Å². The number of hydrogen-bond donors (Lipinski definition) is 0. The topological polar surface area (TPSA) is 23.6 Å². The summed E-state index contributed by atoms with van der Waals surface area (Å²) < 4.78 is 14.5. The molecule has 0 radical (unpaired) electrons. The number of likely N-dealkylation sites (N-methyl/N-ethyl adjacent to an activating group) is 2. The molecule has 2 amide bonds. The molecule has 3 nitrogen and oxygen atoms in total. The first-order valence-electron chi connectivity index (χ1n) is 4.93. The molecule has 5 heteroatoms. The van der Waals surface area contributed by atoms with Crippen molar-refractivity contribution in [2.75, 3.05) is 20.6 Å². The molecule has 1 heterocycles. The zero-order chi connectivity index (χ0) is 11.9. The first-order chi connectivity index (χ1) is 7.50. The maximum Gasteiger partial charge on any atom is 0.320 e. The summed E-state index contributed by atoms with van der Waals surface area (Å²) in [6.07, 6.45) is 0. The van der Waals surface area contributed by atoms with Crippen LogP contribution in [0.25, 0.3) is 0 Å². The Morgan fingerprint density at radius 1 is 1.44 bits per heavy atom. The van der Waals surface area contributed by atoms with Crippen molar-refractivity contribution in [3.05, 3.63) is 34.1 Å². The van der Waals surface area contributed by atoms with E-state index in [1.165, 1.54) is 6.07 Å². The van der Waals surface area contributed by atoms with Crippen LogP contribution in [0.4, 0.5) is 9.18 Å². The van der Waals surface area contributed by atoms with Gasteiger partial charge in [0.1, 0.15) is 5.82 Å². The molecule has 1 aromatic rings. The summed E-state index contributed by atoms with van der Waals surface area (Å²) in [5, 5.41) is 0. The Labute approximate surface area is 102 Å². The minimum absolute atomic E-state index is 0.0793. The number of carbonyl (C=O) groups is 1. The Morgan fingerprint density at radius 3 is 2.69 bits per heavy atom. The highest BCUT2D eigenvalue weighted by molar-refractivity contribution is 9.10. The average molecular weight is 287 g/mol. The van der Waals surface area contributed by atoms with E-state index < -0.39 is 0 Å². The van der Waals surface area contributed by atoms with Crippen LogP contribution in [0.1, 0.15) is 11.6 Å². The highest BCUT2D eigenvalue weighted by Gasteiger charge is 2.34. The maximum absolute atomic E-state index is 13.7. The van der Waals surface area contributed by atoms with E-state index in [0.717, 1.165) is 4.47 Å². The molecule has 1 saturated heterocycles. The summed E-state index contributed by atoms with van der Waals surface area (Å²) in [6, 6.07) is 4.50. The largest absolute Gasteiger partial charge is 0.325 e. The van der Waals surface area contributed by atoms with Crippen LogP contribution in [0, 0.1) is 5.82 Å². The Balaban J connectivity index is 2.38. The normalized spacial score (nSPS) is 20.8. The summed E-state index contributed by atoms with van der Waals surface area (Å²) in [5.74, 6) is -0.275. The van der Waals surface area contributed by atoms with Crippen molar-refractivity contribution < 1.29 is 9.18 Å². The lowest BCUT2D eigenvalue weighted by Crippen LogP contribution is -2.26. The molecule has 1 aromatic carbocycles. The summed E-state index contributed by atoms with van der Waals surface area (Å²) in [6.45, 7) is 0.517. The van der Waals surface area contributed by atoms with E-state index in [-0.39, 0.29) is 17.9 Å². The lowest BCUT2D eigenvalue weighted by Gasteiger charge is -2.18. The van der Waals surface area contributed by atoms with Crippen LogP contribution in [0.2, 0.25) is 0 Å². The minimum Gasteiger partial charge on any atom is -0.325 e. The minimum atomic E-state index is -0.275. The summed E-state index contributed by atoms with van der Waals surface area (Å²) >= 11 is 3.31. The first kappa shape index (κ1) is 11.4. The third-order valence-corrected chi connectivity index (χ3v) is 3.35. The van der Waals surface area contributed by atoms with Gasteiger partial charge in [-0.25, -0.2) is 9.18 Å². The van der Waals surface area contributed by atoms with Crippen molar-refractivity contribution in [1.29, 1.82) is 0 Å². The van der Waals surface area contributed by atoms with Gasteiger partial charge < -0.3 is 9.80 Å². The Morgan fingerprint density at radius 2 is 2.12 bits per heavy atom. The number of rotatable bonds is 1. The first-order valence-corrected chi connectivity index (χ1v) is 5.73. The summed E-state index contributed by atoms with van der Waals surface area (Å²) in [5.41, 5.74) is 0.551. The van der Waals surface area contributed by atoms with E-state index in [2.05, 4.69) is 15.9 Å². The SMILES string of the molecule is CN1CC(c2cc(Br)ccc2F)N(C)C1=O. The molecule has 1 aliphatic rings. The van der Waals surface area contributed by atoms with Gasteiger partial charge in [-0.05, 0) is 18.2 Å². The van der Waals surface area contributed by atoms with E-state index in [1.807, 2.05) is 0 Å². The molecule has 1 atom stereocenters. The van der Waals surface area contributed by atoms with Gasteiger partial charge in [-0.1, -0.05) is 15.9 Å². The third kappa shape index (κ3) is 1.80. The van der Waals surface area contributed by atoms with Crippen molar-refractivity contribution >= 4 is 22.0 Å². The number of nitrogens with zero attached hydrogens (tertiary/aromatic N) is 2. The fourth-order valence-corrected chi connectivity index (χ4v) is 2.32. The van der Waals surface area contributed by atoms with Crippen LogP contribution in [-0.2, 0) is 0 Å². The molecule has 1 aliphatic heterocycles. The number of amides is 2. The summed E-state index contributed by atoms with van der Waals surface area (Å²) in [7, 11) is 3.41. The van der Waals surface area contributed by atoms with Crippen LogP contribution in [0.15, 0.2) is 22.7 Å². The molecule has 16 heavy (non-hydrogen) atoms. The molecular weight excluding hydrogens is 275 g/mol. The number of carbonyl (C=O) groups excluding carboxylic acids is 1. The fraction of sp³-hybridized carbons (Fsp3) is 0.364. The zero-order valence-corrected chi connectivity index (χ0v) is 10.7. The van der Waals surface area contributed by atoms with E-state index in [9.17, 15) is 9.18 Å². The van der Waals surface area contributed by atoms with Crippen molar-refractivity contribution in [2.45, 2.75) is 6.04 Å². The molecule has 0 aliphatic carbocycles. The Kier molecular flexibility index (Phi) is 2.88. The van der Waals surface area contributed by atoms with Gasteiger partial charge in [0.2, 0.25) is 0 Å². The highest BCUT2D eigenvalue weighted by Crippen LogP contribution is 2.30. The van der Waals surface area contributed by atoms with Crippen molar-refractivity contribution in [2.24, 2.45) is 0 Å². The van der Waals surface area contributed by atoms with Crippen molar-refractivity contribution in [1.82, 2.24) is 9.80 Å². The summed E-state index contributed by atoms with van der Waals surface area (Å²) in [4.78, 5) is 14.8. The van der Waals surface area contributed by atoms with Crippen LogP contribution in [0.5, 0.6) is 0 Å². The highest BCUT2D eigenvalue weighted by atomic mass is 79.9. The molecule has 86 valence electrons. The molecule has 0 bridgehead atoms. The van der Waals surface area contributed by atoms with E-state index in [1.54, 1.807) is 36.0 Å². The standard InChI is InChI=1S/C11H12BrFN2O/c1-14-6-10(15(2)11(14)16)8-5-7(12)3-4-9(8)13/h3-5,10H,6H2,1-2H3. The molecule has 2 rings (SSSR count). The van der Waals surface area contributed by atoms with Gasteiger partial charge in [-0.2, -0.15) is 0 Å². The zero-order valence-electron chi connectivity index (χ0n) is 9.08. The number of hydrogen-bond acceptors (Lipinski definition) is 1. The van der Waals surface area contributed by atoms with Gasteiger partial charge in [0, 0.05) is 30.7 Å². The second kappa shape index (κ2) is 4.05. The van der Waals surface area contributed by atoms with Crippen molar-refractivity contribution in [3.63, 3.8) is 0 Å². The van der Waals surface area contributed by atoms with Crippen LogP contribution >= 0.6 is 15.9 Å². The van der Waals surface area contributed by atoms with Gasteiger partial charge in [-0.15, -0.1) is 0 Å². The van der Waals surface area contributed by atoms with Crippen LogP contribution in [-0.4, -0.2) is 36.5 Å². The molecule has 1 fully saturated rings. The van der Waals surface area contributed by atoms with Gasteiger partial charge in [0.05, 0.1) is 6.04 Å². The van der Waals surface area contributed by atoms with Gasteiger partial charge in [0.25, 0.3) is 0 Å². The van der Waals surface area contributed by atoms with Crippen LogP contribution < -0.4 is 0 Å². The van der Waals surface area contributed by atoms with E-state index in [0.29, 0.717) is 12.1 Å². The van der Waals surface area contributed by atoms with Crippen molar-refractivity contribution in [3.8, 4) is 0 Å². The Hall–Kier alpha value is -1.10. The van der Waals surface area contributed by atoms with Gasteiger partial charge in [-0.3, -0.25) is 0 Å². The quantitative estimate of drug-likeness (QED) is 0.779. The molecule has 0 N–H and O–H groups in total. The molecule has 1 unspecified atom stereocenters. The molecule has 0 saturated carbocycles. The lowest BCUT2D eigenvalue weighted by molar-refractivity contribution is 0.201. The fourth-order valence-electron chi connectivity index (χ4n) is 1.94. The predicted molar refractivity (Wildman–Crippen MR) is 62.6 cm³/mol. The predicted octanol–water partition coefficient (Wildman–Crippen LogP) is 2.63. The molecule has 0 spiro atoms.